The molecule has 0 aliphatic carbocycles. The molecule has 0 heterocycles. The van der Waals surface area contributed by atoms with Crippen molar-refractivity contribution in [1.29, 1.82) is 5.26 Å². The number of carbonyl (C=O) groups is 1. The van der Waals surface area contributed by atoms with Crippen molar-refractivity contribution < 1.29 is 13.6 Å². The van der Waals surface area contributed by atoms with E-state index in [-0.39, 0.29) is 22.5 Å². The summed E-state index contributed by atoms with van der Waals surface area (Å²) >= 11 is 0. The standard InChI is InChI=1S/C15H11F2N3O/c1-19-14-10(3-2-4-11(14)16)15(21)20-13-6-5-9(8-18)7-12(13)17/h2-7,19H,1H3,(H,20,21). The van der Waals surface area contributed by atoms with E-state index in [1.807, 2.05) is 0 Å². The number of hydrogen-bond donors (Lipinski definition) is 2. The molecule has 2 aromatic rings. The zero-order valence-corrected chi connectivity index (χ0v) is 11.1. The second kappa shape index (κ2) is 6.01. The zero-order valence-electron chi connectivity index (χ0n) is 11.1. The number of nitrogens with zero attached hydrogens (tertiary/aromatic N) is 1. The van der Waals surface area contributed by atoms with Gasteiger partial charge in [-0.1, -0.05) is 6.07 Å². The summed E-state index contributed by atoms with van der Waals surface area (Å²) in [5, 5.41) is 13.6. The van der Waals surface area contributed by atoms with E-state index in [4.69, 9.17) is 5.26 Å². The summed E-state index contributed by atoms with van der Waals surface area (Å²) < 4.78 is 27.3. The molecule has 0 aromatic heterocycles. The molecule has 0 fully saturated rings. The van der Waals surface area contributed by atoms with Gasteiger partial charge in [0.05, 0.1) is 28.6 Å². The van der Waals surface area contributed by atoms with Crippen molar-refractivity contribution in [3.05, 3.63) is 59.2 Å². The molecule has 6 heteroatoms. The Hall–Kier alpha value is -2.94. The normalized spacial score (nSPS) is 9.81. The van der Waals surface area contributed by atoms with E-state index in [1.54, 1.807) is 6.07 Å². The van der Waals surface area contributed by atoms with Crippen LogP contribution in [0.25, 0.3) is 0 Å². The molecule has 0 aliphatic heterocycles. The van der Waals surface area contributed by atoms with Crippen molar-refractivity contribution >= 4 is 17.3 Å². The van der Waals surface area contributed by atoms with Gasteiger partial charge in [-0.05, 0) is 30.3 Å². The maximum atomic E-state index is 13.7. The highest BCUT2D eigenvalue weighted by atomic mass is 19.1. The highest BCUT2D eigenvalue weighted by Crippen LogP contribution is 2.22. The number of para-hydroxylation sites is 1. The lowest BCUT2D eigenvalue weighted by Gasteiger charge is -2.11. The van der Waals surface area contributed by atoms with Gasteiger partial charge < -0.3 is 10.6 Å². The van der Waals surface area contributed by atoms with Crippen molar-refractivity contribution in [3.63, 3.8) is 0 Å². The van der Waals surface area contributed by atoms with Gasteiger partial charge in [0.15, 0.2) is 0 Å². The Kier molecular flexibility index (Phi) is 4.14. The van der Waals surface area contributed by atoms with Gasteiger partial charge in [-0.2, -0.15) is 5.26 Å². The van der Waals surface area contributed by atoms with Crippen LogP contribution in [0.15, 0.2) is 36.4 Å². The predicted octanol–water partition coefficient (Wildman–Crippen LogP) is 3.13. The minimum atomic E-state index is -0.732. The Labute approximate surface area is 120 Å². The van der Waals surface area contributed by atoms with Gasteiger partial charge in [0.1, 0.15) is 11.6 Å². The molecule has 0 atom stereocenters. The first-order valence-corrected chi connectivity index (χ1v) is 6.04. The molecular weight excluding hydrogens is 276 g/mol. The van der Waals surface area contributed by atoms with Crippen molar-refractivity contribution in [2.45, 2.75) is 0 Å². The van der Waals surface area contributed by atoms with E-state index >= 15 is 0 Å². The summed E-state index contributed by atoms with van der Waals surface area (Å²) in [5.41, 5.74) is 0.155. The minimum absolute atomic E-state index is 0.0315. The summed E-state index contributed by atoms with van der Waals surface area (Å²) in [6.45, 7) is 0. The fraction of sp³-hybridized carbons (Fsp3) is 0.0667. The quantitative estimate of drug-likeness (QED) is 0.911. The number of carbonyl (C=O) groups excluding carboxylic acids is 1. The SMILES string of the molecule is CNc1c(F)cccc1C(=O)Nc1ccc(C#N)cc1F. The van der Waals surface area contributed by atoms with Crippen molar-refractivity contribution in [2.75, 3.05) is 17.7 Å². The van der Waals surface area contributed by atoms with Gasteiger partial charge in [0, 0.05) is 7.05 Å². The van der Waals surface area contributed by atoms with Gasteiger partial charge in [-0.25, -0.2) is 8.78 Å². The van der Waals surface area contributed by atoms with Gasteiger partial charge in [0.2, 0.25) is 0 Å². The van der Waals surface area contributed by atoms with Gasteiger partial charge in [-0.15, -0.1) is 0 Å². The zero-order chi connectivity index (χ0) is 15.4. The third kappa shape index (κ3) is 2.98. The van der Waals surface area contributed by atoms with Crippen LogP contribution in [0.5, 0.6) is 0 Å². The summed E-state index contributed by atoms with van der Waals surface area (Å²) in [4.78, 5) is 12.1. The van der Waals surface area contributed by atoms with Crippen LogP contribution in [0.1, 0.15) is 15.9 Å². The molecule has 2 rings (SSSR count). The highest BCUT2D eigenvalue weighted by molar-refractivity contribution is 6.08. The third-order valence-corrected chi connectivity index (χ3v) is 2.85. The van der Waals surface area contributed by atoms with Gasteiger partial charge in [0.25, 0.3) is 5.91 Å². The van der Waals surface area contributed by atoms with E-state index in [1.165, 1.54) is 37.4 Å². The molecule has 4 nitrogen and oxygen atoms in total. The average molecular weight is 287 g/mol. The van der Waals surface area contributed by atoms with Crippen LogP contribution < -0.4 is 10.6 Å². The maximum absolute atomic E-state index is 13.7. The number of rotatable bonds is 3. The summed E-state index contributed by atoms with van der Waals surface area (Å²) in [5.74, 6) is -1.96. The molecule has 21 heavy (non-hydrogen) atoms. The number of hydrogen-bond acceptors (Lipinski definition) is 3. The maximum Gasteiger partial charge on any atom is 0.257 e. The summed E-state index contributed by atoms with van der Waals surface area (Å²) in [6, 6.07) is 9.49. The van der Waals surface area contributed by atoms with Crippen LogP contribution in [0.3, 0.4) is 0 Å². The first-order valence-electron chi connectivity index (χ1n) is 6.04. The fourth-order valence-electron chi connectivity index (χ4n) is 1.84. The molecule has 0 radical (unpaired) electrons. The molecule has 0 saturated carbocycles. The Balaban J connectivity index is 2.31. The largest absolute Gasteiger partial charge is 0.385 e. The monoisotopic (exact) mass is 287 g/mol. The molecule has 1 amide bonds. The molecule has 0 bridgehead atoms. The molecule has 0 unspecified atom stereocenters. The van der Waals surface area contributed by atoms with E-state index in [9.17, 15) is 13.6 Å². The van der Waals surface area contributed by atoms with E-state index in [0.717, 1.165) is 6.07 Å². The number of nitrogens with one attached hydrogen (secondary N) is 2. The summed E-state index contributed by atoms with van der Waals surface area (Å²) in [7, 11) is 1.48. The average Bonchev–Trinajstić information content (AvgIpc) is 2.48. The Morgan fingerprint density at radius 3 is 2.57 bits per heavy atom. The van der Waals surface area contributed by atoms with Crippen LogP contribution in [-0.4, -0.2) is 13.0 Å². The van der Waals surface area contributed by atoms with Crippen LogP contribution in [-0.2, 0) is 0 Å². The van der Waals surface area contributed by atoms with Crippen molar-refractivity contribution in [3.8, 4) is 6.07 Å². The molecule has 2 N–H and O–H groups in total. The first kappa shape index (κ1) is 14.5. The number of anilines is 2. The van der Waals surface area contributed by atoms with Crippen molar-refractivity contribution in [2.24, 2.45) is 0 Å². The van der Waals surface area contributed by atoms with E-state index in [2.05, 4.69) is 10.6 Å². The van der Waals surface area contributed by atoms with Crippen LogP contribution in [0, 0.1) is 23.0 Å². The van der Waals surface area contributed by atoms with Gasteiger partial charge >= 0.3 is 0 Å². The molecule has 106 valence electrons. The predicted molar refractivity (Wildman–Crippen MR) is 75.0 cm³/mol. The smallest absolute Gasteiger partial charge is 0.257 e. The second-order valence-corrected chi connectivity index (χ2v) is 4.17. The Morgan fingerprint density at radius 1 is 1.19 bits per heavy atom. The van der Waals surface area contributed by atoms with Crippen LogP contribution in [0.4, 0.5) is 20.2 Å². The molecule has 2 aromatic carbocycles. The number of halogens is 2. The molecule has 0 saturated heterocycles. The summed E-state index contributed by atoms with van der Waals surface area (Å²) in [6.07, 6.45) is 0. The van der Waals surface area contributed by atoms with E-state index < -0.39 is 17.5 Å². The van der Waals surface area contributed by atoms with Crippen LogP contribution >= 0.6 is 0 Å². The molecular formula is C15H11F2N3O. The second-order valence-electron chi connectivity index (χ2n) is 4.17. The highest BCUT2D eigenvalue weighted by Gasteiger charge is 2.15. The number of benzene rings is 2. The topological polar surface area (TPSA) is 64.9 Å². The minimum Gasteiger partial charge on any atom is -0.385 e. The Morgan fingerprint density at radius 2 is 1.95 bits per heavy atom. The third-order valence-electron chi connectivity index (χ3n) is 2.85. The number of amides is 1. The molecule has 0 spiro atoms. The molecule has 0 aliphatic rings. The lowest BCUT2D eigenvalue weighted by Crippen LogP contribution is -2.15. The first-order chi connectivity index (χ1) is 10.1. The lowest BCUT2D eigenvalue weighted by molar-refractivity contribution is 0.102. The number of nitriles is 1. The van der Waals surface area contributed by atoms with E-state index in [0.29, 0.717) is 0 Å². The van der Waals surface area contributed by atoms with Gasteiger partial charge in [-0.3, -0.25) is 4.79 Å². The fourth-order valence-corrected chi connectivity index (χ4v) is 1.84. The van der Waals surface area contributed by atoms with Crippen molar-refractivity contribution in [1.82, 2.24) is 0 Å². The van der Waals surface area contributed by atoms with Crippen LogP contribution in [0.2, 0.25) is 0 Å². The Bertz CT molecular complexity index is 738. The lowest BCUT2D eigenvalue weighted by atomic mass is 10.1.